The second-order valence-electron chi connectivity index (χ2n) is 5.01. The minimum absolute atomic E-state index is 0.0808. The van der Waals surface area contributed by atoms with Crippen LogP contribution in [-0.2, 0) is 6.42 Å². The van der Waals surface area contributed by atoms with Crippen LogP contribution in [0.5, 0.6) is 0 Å². The summed E-state index contributed by atoms with van der Waals surface area (Å²) >= 11 is 0. The molecule has 0 unspecified atom stereocenters. The predicted molar refractivity (Wildman–Crippen MR) is 81.9 cm³/mol. The Kier molecular flexibility index (Phi) is 5.78. The Hall–Kier alpha value is -2.57. The van der Waals surface area contributed by atoms with Crippen LogP contribution in [0.4, 0.5) is 22.0 Å². The van der Waals surface area contributed by atoms with E-state index in [4.69, 9.17) is 0 Å². The number of halogens is 5. The van der Waals surface area contributed by atoms with E-state index in [0.717, 1.165) is 31.0 Å². The van der Waals surface area contributed by atoms with Crippen molar-refractivity contribution in [2.75, 3.05) is 0 Å². The number of hydrogen-bond donors (Lipinski definition) is 0. The first-order valence-electron chi connectivity index (χ1n) is 7.11. The van der Waals surface area contributed by atoms with Gasteiger partial charge in [0.05, 0.1) is 18.0 Å². The summed E-state index contributed by atoms with van der Waals surface area (Å²) in [4.78, 5) is 0. The first-order chi connectivity index (χ1) is 11.4. The molecule has 0 radical (unpaired) electrons. The zero-order valence-electron chi connectivity index (χ0n) is 12.7. The summed E-state index contributed by atoms with van der Waals surface area (Å²) in [6.07, 6.45) is 3.09. The second kappa shape index (κ2) is 7.81. The van der Waals surface area contributed by atoms with E-state index >= 15 is 0 Å². The average Bonchev–Trinajstić information content (AvgIpc) is 2.51. The molecule has 2 nitrogen and oxygen atoms in total. The lowest BCUT2D eigenvalue weighted by molar-refractivity contribution is 0.447. The average molecular weight is 340 g/mol. The van der Waals surface area contributed by atoms with Gasteiger partial charge in [0.15, 0.2) is 17.5 Å². The molecule has 0 aliphatic rings. The van der Waals surface area contributed by atoms with Crippen LogP contribution in [0.25, 0.3) is 0 Å². The molecule has 126 valence electrons. The van der Waals surface area contributed by atoms with Gasteiger partial charge < -0.3 is 0 Å². The van der Waals surface area contributed by atoms with E-state index in [1.54, 1.807) is 0 Å². The van der Waals surface area contributed by atoms with Crippen molar-refractivity contribution in [2.45, 2.75) is 19.8 Å². The summed E-state index contributed by atoms with van der Waals surface area (Å²) < 4.78 is 66.4. The summed E-state index contributed by atoms with van der Waals surface area (Å²) in [6, 6.07) is 3.86. The highest BCUT2D eigenvalue weighted by atomic mass is 19.2. The van der Waals surface area contributed by atoms with Crippen LogP contribution < -0.4 is 0 Å². The fourth-order valence-electron chi connectivity index (χ4n) is 2.03. The lowest BCUT2D eigenvalue weighted by atomic mass is 10.1. The summed E-state index contributed by atoms with van der Waals surface area (Å²) in [6.45, 7) is 1.89. The third kappa shape index (κ3) is 4.24. The smallest absolute Gasteiger partial charge is 0.194 e. The lowest BCUT2D eigenvalue weighted by Gasteiger charge is -2.03. The summed E-state index contributed by atoms with van der Waals surface area (Å²) in [7, 11) is 0. The van der Waals surface area contributed by atoms with Gasteiger partial charge in [-0.25, -0.2) is 22.0 Å². The highest BCUT2D eigenvalue weighted by Crippen LogP contribution is 2.15. The summed E-state index contributed by atoms with van der Waals surface area (Å²) in [5.41, 5.74) is 0.0803. The van der Waals surface area contributed by atoms with Crippen molar-refractivity contribution in [1.29, 1.82) is 0 Å². The first kappa shape index (κ1) is 17.8. The zero-order chi connectivity index (χ0) is 17.7. The van der Waals surface area contributed by atoms with Crippen LogP contribution in [0.15, 0.2) is 34.5 Å². The van der Waals surface area contributed by atoms with Crippen molar-refractivity contribution in [3.8, 4) is 0 Å². The molecular weight excluding hydrogens is 327 g/mol. The van der Waals surface area contributed by atoms with Gasteiger partial charge in [-0.15, -0.1) is 0 Å². The molecule has 2 aromatic rings. The topological polar surface area (TPSA) is 24.7 Å². The normalized spacial score (nSPS) is 11.8. The van der Waals surface area contributed by atoms with E-state index < -0.39 is 29.1 Å². The van der Waals surface area contributed by atoms with E-state index in [1.165, 1.54) is 12.1 Å². The Morgan fingerprint density at radius 3 is 1.88 bits per heavy atom. The minimum atomic E-state index is -1.59. The standard InChI is InChI=1S/C17H13F5N2/c1-2-3-10-4-13(18)12(14(19)5-10)9-24-23-8-11-6-15(20)17(22)16(21)7-11/h4-9H,2-3H2,1H3. The van der Waals surface area contributed by atoms with E-state index in [-0.39, 0.29) is 11.1 Å². The fraction of sp³-hybridized carbons (Fsp3) is 0.176. The molecule has 0 saturated carbocycles. The quantitative estimate of drug-likeness (QED) is 0.324. The molecule has 0 bridgehead atoms. The van der Waals surface area contributed by atoms with Gasteiger partial charge in [-0.2, -0.15) is 10.2 Å². The van der Waals surface area contributed by atoms with Crippen LogP contribution in [-0.4, -0.2) is 12.4 Å². The van der Waals surface area contributed by atoms with E-state index in [1.807, 2.05) is 6.92 Å². The number of benzene rings is 2. The van der Waals surface area contributed by atoms with E-state index in [2.05, 4.69) is 10.2 Å². The molecule has 0 saturated heterocycles. The van der Waals surface area contributed by atoms with Gasteiger partial charge in [0, 0.05) is 5.56 Å². The Balaban J connectivity index is 2.17. The Morgan fingerprint density at radius 2 is 1.33 bits per heavy atom. The van der Waals surface area contributed by atoms with Gasteiger partial charge in [-0.3, -0.25) is 0 Å². The maximum Gasteiger partial charge on any atom is 0.194 e. The van der Waals surface area contributed by atoms with Gasteiger partial charge in [0.25, 0.3) is 0 Å². The predicted octanol–water partition coefficient (Wildman–Crippen LogP) is 4.79. The number of aryl methyl sites for hydroxylation is 1. The maximum atomic E-state index is 13.8. The molecular formula is C17H13F5N2. The summed E-state index contributed by atoms with van der Waals surface area (Å²) in [5, 5.41) is 6.89. The molecule has 2 aromatic carbocycles. The first-order valence-corrected chi connectivity index (χ1v) is 7.11. The van der Waals surface area contributed by atoms with Crippen molar-refractivity contribution in [3.63, 3.8) is 0 Å². The maximum absolute atomic E-state index is 13.8. The number of rotatable bonds is 5. The van der Waals surface area contributed by atoms with E-state index in [0.29, 0.717) is 12.0 Å². The van der Waals surface area contributed by atoms with Crippen molar-refractivity contribution in [2.24, 2.45) is 10.2 Å². The van der Waals surface area contributed by atoms with Gasteiger partial charge in [-0.05, 0) is 36.2 Å². The van der Waals surface area contributed by atoms with Gasteiger partial charge in [0.1, 0.15) is 11.6 Å². The molecule has 0 aromatic heterocycles. The Labute approximate surface area is 135 Å². The molecule has 0 heterocycles. The molecule has 0 aliphatic carbocycles. The molecule has 0 amide bonds. The van der Waals surface area contributed by atoms with Gasteiger partial charge in [-0.1, -0.05) is 13.3 Å². The third-order valence-corrected chi connectivity index (χ3v) is 3.14. The largest absolute Gasteiger partial charge is 0.206 e. The minimum Gasteiger partial charge on any atom is -0.206 e. The van der Waals surface area contributed by atoms with Crippen molar-refractivity contribution in [1.82, 2.24) is 0 Å². The highest BCUT2D eigenvalue weighted by molar-refractivity contribution is 5.83. The monoisotopic (exact) mass is 340 g/mol. The molecule has 7 heteroatoms. The van der Waals surface area contributed by atoms with Crippen molar-refractivity contribution in [3.05, 3.63) is 70.0 Å². The molecule has 0 fully saturated rings. The Bertz CT molecular complexity index is 754. The van der Waals surface area contributed by atoms with Gasteiger partial charge >= 0.3 is 0 Å². The Morgan fingerprint density at radius 1 is 0.792 bits per heavy atom. The highest BCUT2D eigenvalue weighted by Gasteiger charge is 2.10. The van der Waals surface area contributed by atoms with Crippen LogP contribution in [0.3, 0.4) is 0 Å². The molecule has 0 spiro atoms. The van der Waals surface area contributed by atoms with Crippen LogP contribution in [0.2, 0.25) is 0 Å². The molecule has 0 aliphatic heterocycles. The molecule has 2 rings (SSSR count). The third-order valence-electron chi connectivity index (χ3n) is 3.14. The van der Waals surface area contributed by atoms with Gasteiger partial charge in [0.2, 0.25) is 0 Å². The van der Waals surface area contributed by atoms with Crippen LogP contribution in [0.1, 0.15) is 30.0 Å². The van der Waals surface area contributed by atoms with Crippen LogP contribution >= 0.6 is 0 Å². The molecule has 24 heavy (non-hydrogen) atoms. The van der Waals surface area contributed by atoms with E-state index in [9.17, 15) is 22.0 Å². The number of hydrogen-bond acceptors (Lipinski definition) is 2. The molecule has 0 atom stereocenters. The molecule has 0 N–H and O–H groups in total. The van der Waals surface area contributed by atoms with Crippen molar-refractivity contribution < 1.29 is 22.0 Å². The fourth-order valence-corrected chi connectivity index (χ4v) is 2.03. The lowest BCUT2D eigenvalue weighted by Crippen LogP contribution is -1.97. The van der Waals surface area contributed by atoms with Crippen LogP contribution in [0, 0.1) is 29.1 Å². The number of nitrogens with zero attached hydrogens (tertiary/aromatic N) is 2. The summed E-state index contributed by atoms with van der Waals surface area (Å²) in [5.74, 6) is -5.90. The SMILES string of the molecule is CCCc1cc(F)c(C=NN=Cc2cc(F)c(F)c(F)c2)c(F)c1. The zero-order valence-corrected chi connectivity index (χ0v) is 12.7. The second-order valence-corrected chi connectivity index (χ2v) is 5.01. The van der Waals surface area contributed by atoms with Crippen molar-refractivity contribution >= 4 is 12.4 Å².